The zero-order valence-electron chi connectivity index (χ0n) is 13.4. The van der Waals surface area contributed by atoms with Gasteiger partial charge in [0.1, 0.15) is 12.4 Å². The van der Waals surface area contributed by atoms with Crippen LogP contribution in [0, 0.1) is 0 Å². The quantitative estimate of drug-likeness (QED) is 0.612. The van der Waals surface area contributed by atoms with Gasteiger partial charge in [-0.15, -0.1) is 10.2 Å². The average Bonchev–Trinajstić information content (AvgIpc) is 3.04. The molecule has 1 heterocycles. The molecule has 0 saturated carbocycles. The van der Waals surface area contributed by atoms with Gasteiger partial charge in [0.05, 0.1) is 6.54 Å². The number of halogens is 1. The molecule has 0 aliphatic carbocycles. The van der Waals surface area contributed by atoms with Crippen LogP contribution in [0.2, 0.25) is 0 Å². The van der Waals surface area contributed by atoms with E-state index < -0.39 is 0 Å². The Hall–Kier alpha value is -2.18. The van der Waals surface area contributed by atoms with Gasteiger partial charge >= 0.3 is 0 Å². The summed E-state index contributed by atoms with van der Waals surface area (Å²) in [6, 6.07) is 17.6. The predicted molar refractivity (Wildman–Crippen MR) is 95.7 cm³/mol. The normalized spacial score (nSPS) is 11.0. The number of likely N-dealkylation sites (N-methyl/N-ethyl adjacent to an activating group) is 1. The van der Waals surface area contributed by atoms with Crippen LogP contribution in [0.1, 0.15) is 5.89 Å². The Morgan fingerprint density at radius 3 is 2.71 bits per heavy atom. The molecule has 3 aromatic rings. The van der Waals surface area contributed by atoms with E-state index in [9.17, 15) is 0 Å². The molecule has 0 unspecified atom stereocenters. The van der Waals surface area contributed by atoms with Gasteiger partial charge in [0.25, 0.3) is 0 Å². The van der Waals surface area contributed by atoms with E-state index in [4.69, 9.17) is 9.15 Å². The van der Waals surface area contributed by atoms with Crippen molar-refractivity contribution in [2.24, 2.45) is 0 Å². The minimum Gasteiger partial charge on any atom is -0.492 e. The van der Waals surface area contributed by atoms with E-state index in [-0.39, 0.29) is 0 Å². The molecular weight excluding hydrogens is 370 g/mol. The molecule has 3 rings (SSSR count). The van der Waals surface area contributed by atoms with Gasteiger partial charge in [0.15, 0.2) is 0 Å². The molecule has 0 aliphatic rings. The number of hydrogen-bond acceptors (Lipinski definition) is 5. The van der Waals surface area contributed by atoms with Gasteiger partial charge in [-0.1, -0.05) is 40.2 Å². The zero-order chi connectivity index (χ0) is 16.8. The lowest BCUT2D eigenvalue weighted by atomic mass is 10.2. The summed E-state index contributed by atoms with van der Waals surface area (Å²) in [6.07, 6.45) is 0. The average molecular weight is 388 g/mol. The van der Waals surface area contributed by atoms with Crippen molar-refractivity contribution in [3.05, 3.63) is 65.0 Å². The van der Waals surface area contributed by atoms with E-state index in [1.807, 2.05) is 61.6 Å². The van der Waals surface area contributed by atoms with Gasteiger partial charge in [-0.3, -0.25) is 4.90 Å². The molecule has 0 N–H and O–H groups in total. The first-order valence-electron chi connectivity index (χ1n) is 7.65. The summed E-state index contributed by atoms with van der Waals surface area (Å²) in [5.74, 6) is 1.99. The number of nitrogens with zero attached hydrogens (tertiary/aromatic N) is 3. The first kappa shape index (κ1) is 16.7. The fourth-order valence-corrected chi connectivity index (χ4v) is 2.60. The molecule has 0 radical (unpaired) electrons. The van der Waals surface area contributed by atoms with Gasteiger partial charge in [-0.05, 0) is 37.4 Å². The Morgan fingerprint density at radius 1 is 1.08 bits per heavy atom. The standard InChI is InChI=1S/C18H18BrN3O2/c1-22(10-11-23-16-8-3-2-4-9-16)13-17-20-21-18(24-17)14-6-5-7-15(19)12-14/h2-9,12H,10-11,13H2,1H3. The van der Waals surface area contributed by atoms with Crippen LogP contribution >= 0.6 is 15.9 Å². The summed E-state index contributed by atoms with van der Waals surface area (Å²) in [5, 5.41) is 8.23. The molecule has 0 bridgehead atoms. The monoisotopic (exact) mass is 387 g/mol. The fraction of sp³-hybridized carbons (Fsp3) is 0.222. The molecular formula is C18H18BrN3O2. The molecule has 6 heteroatoms. The van der Waals surface area contributed by atoms with E-state index in [1.165, 1.54) is 0 Å². The number of aromatic nitrogens is 2. The Balaban J connectivity index is 1.51. The van der Waals surface area contributed by atoms with Crippen molar-refractivity contribution in [1.82, 2.24) is 15.1 Å². The highest BCUT2D eigenvalue weighted by atomic mass is 79.9. The minimum atomic E-state index is 0.528. The third-order valence-electron chi connectivity index (χ3n) is 3.43. The second kappa shape index (κ2) is 8.08. The maximum absolute atomic E-state index is 5.73. The van der Waals surface area contributed by atoms with Crippen molar-refractivity contribution in [2.45, 2.75) is 6.54 Å². The SMILES string of the molecule is CN(CCOc1ccccc1)Cc1nnc(-c2cccc(Br)c2)o1. The number of benzene rings is 2. The third-order valence-corrected chi connectivity index (χ3v) is 3.92. The van der Waals surface area contributed by atoms with Crippen LogP contribution in [0.4, 0.5) is 0 Å². The van der Waals surface area contributed by atoms with Crippen molar-refractivity contribution in [1.29, 1.82) is 0 Å². The lowest BCUT2D eigenvalue weighted by Gasteiger charge is -2.14. The number of hydrogen-bond donors (Lipinski definition) is 0. The molecule has 5 nitrogen and oxygen atoms in total. The molecule has 2 aromatic carbocycles. The minimum absolute atomic E-state index is 0.528. The van der Waals surface area contributed by atoms with Crippen LogP contribution in [0.25, 0.3) is 11.5 Å². The van der Waals surface area contributed by atoms with Crippen LogP contribution in [-0.4, -0.2) is 35.3 Å². The number of ether oxygens (including phenoxy) is 1. The van der Waals surface area contributed by atoms with Crippen LogP contribution < -0.4 is 4.74 Å². The summed E-state index contributed by atoms with van der Waals surface area (Å²) < 4.78 is 12.4. The van der Waals surface area contributed by atoms with Gasteiger partial charge in [-0.25, -0.2) is 0 Å². The summed E-state index contributed by atoms with van der Waals surface area (Å²) >= 11 is 3.44. The second-order valence-corrected chi connectivity index (χ2v) is 6.33. The van der Waals surface area contributed by atoms with Crippen LogP contribution in [0.15, 0.2) is 63.5 Å². The first-order chi connectivity index (χ1) is 11.7. The largest absolute Gasteiger partial charge is 0.492 e. The van der Waals surface area contributed by atoms with Crippen molar-refractivity contribution in [3.63, 3.8) is 0 Å². The third kappa shape index (κ3) is 4.66. The molecule has 0 saturated heterocycles. The number of para-hydroxylation sites is 1. The van der Waals surface area contributed by atoms with Crippen LogP contribution in [0.5, 0.6) is 5.75 Å². The topological polar surface area (TPSA) is 51.4 Å². The summed E-state index contributed by atoms with van der Waals surface area (Å²) in [6.45, 7) is 1.95. The fourth-order valence-electron chi connectivity index (χ4n) is 2.20. The van der Waals surface area contributed by atoms with Crippen LogP contribution in [0.3, 0.4) is 0 Å². The summed E-state index contributed by atoms with van der Waals surface area (Å²) in [5.41, 5.74) is 0.901. The molecule has 24 heavy (non-hydrogen) atoms. The van der Waals surface area contributed by atoms with Crippen LogP contribution in [-0.2, 0) is 6.54 Å². The molecule has 1 aromatic heterocycles. The maximum atomic E-state index is 5.73. The van der Waals surface area contributed by atoms with Crippen molar-refractivity contribution in [3.8, 4) is 17.2 Å². The molecule has 0 atom stereocenters. The summed E-state index contributed by atoms with van der Waals surface area (Å²) in [4.78, 5) is 2.08. The Morgan fingerprint density at radius 2 is 1.92 bits per heavy atom. The van der Waals surface area contributed by atoms with E-state index in [0.29, 0.717) is 24.9 Å². The predicted octanol–water partition coefficient (Wildman–Crippen LogP) is 4.01. The van der Waals surface area contributed by atoms with E-state index in [1.54, 1.807) is 0 Å². The Bertz CT molecular complexity index is 777. The highest BCUT2D eigenvalue weighted by Crippen LogP contribution is 2.22. The molecule has 0 spiro atoms. The van der Waals surface area contributed by atoms with Gasteiger partial charge in [0.2, 0.25) is 11.8 Å². The Kier molecular flexibility index (Phi) is 5.61. The van der Waals surface area contributed by atoms with Gasteiger partial charge in [-0.2, -0.15) is 0 Å². The molecule has 124 valence electrons. The zero-order valence-corrected chi connectivity index (χ0v) is 14.9. The van der Waals surface area contributed by atoms with Crippen molar-refractivity contribution < 1.29 is 9.15 Å². The lowest BCUT2D eigenvalue weighted by Crippen LogP contribution is -2.24. The maximum Gasteiger partial charge on any atom is 0.247 e. The van der Waals surface area contributed by atoms with E-state index in [2.05, 4.69) is 31.0 Å². The highest BCUT2D eigenvalue weighted by Gasteiger charge is 2.11. The first-order valence-corrected chi connectivity index (χ1v) is 8.45. The molecule has 0 aliphatic heterocycles. The smallest absolute Gasteiger partial charge is 0.247 e. The van der Waals surface area contributed by atoms with Crippen molar-refractivity contribution in [2.75, 3.05) is 20.2 Å². The summed E-state index contributed by atoms with van der Waals surface area (Å²) in [7, 11) is 2.00. The van der Waals surface area contributed by atoms with E-state index in [0.717, 1.165) is 22.3 Å². The lowest BCUT2D eigenvalue weighted by molar-refractivity contribution is 0.220. The second-order valence-electron chi connectivity index (χ2n) is 5.41. The molecule has 0 fully saturated rings. The Labute approximate surface area is 149 Å². The van der Waals surface area contributed by atoms with Gasteiger partial charge in [0, 0.05) is 16.6 Å². The molecule has 0 amide bonds. The highest BCUT2D eigenvalue weighted by molar-refractivity contribution is 9.10. The number of rotatable bonds is 7. The van der Waals surface area contributed by atoms with Gasteiger partial charge < -0.3 is 9.15 Å². The van der Waals surface area contributed by atoms with Crippen molar-refractivity contribution >= 4 is 15.9 Å². The van der Waals surface area contributed by atoms with E-state index >= 15 is 0 Å².